The van der Waals surface area contributed by atoms with Gasteiger partial charge in [0.2, 0.25) is 5.88 Å². The molecule has 4 aromatic rings. The summed E-state index contributed by atoms with van der Waals surface area (Å²) in [6.07, 6.45) is 3.06. The lowest BCUT2D eigenvalue weighted by Crippen LogP contribution is -2.14. The summed E-state index contributed by atoms with van der Waals surface area (Å²) >= 11 is 0. The number of pyridine rings is 1. The third kappa shape index (κ3) is 2.71. The number of aromatic amines is 1. The van der Waals surface area contributed by atoms with Gasteiger partial charge in [0.05, 0.1) is 25.5 Å². The molecule has 0 aliphatic carbocycles. The molecule has 0 radical (unpaired) electrons. The summed E-state index contributed by atoms with van der Waals surface area (Å²) in [5.74, 6) is 0.319. The van der Waals surface area contributed by atoms with E-state index in [1.807, 2.05) is 0 Å². The van der Waals surface area contributed by atoms with Crippen molar-refractivity contribution in [2.75, 3.05) is 7.11 Å². The largest absolute Gasteiger partial charge is 0.480 e. The summed E-state index contributed by atoms with van der Waals surface area (Å²) < 4.78 is 20.7. The van der Waals surface area contributed by atoms with Crippen LogP contribution < -0.4 is 10.3 Å². The molecule has 0 bridgehead atoms. The second-order valence-corrected chi connectivity index (χ2v) is 5.61. The highest BCUT2D eigenvalue weighted by Crippen LogP contribution is 2.24. The van der Waals surface area contributed by atoms with Crippen LogP contribution in [0.25, 0.3) is 22.6 Å². The maximum atomic E-state index is 13.9. The lowest BCUT2D eigenvalue weighted by Gasteiger charge is -2.07. The van der Waals surface area contributed by atoms with Crippen LogP contribution in [0.4, 0.5) is 4.39 Å². The Morgan fingerprint density at radius 1 is 1.19 bits per heavy atom. The van der Waals surface area contributed by atoms with Crippen LogP contribution in [0.5, 0.6) is 5.88 Å². The SMILES string of the molecule is COc1ncccc1-c1nc2ncn(Cc3ccccc3F)c2c(=O)[nH]1. The first-order valence-corrected chi connectivity index (χ1v) is 7.85. The fraction of sp³-hybridized carbons (Fsp3) is 0.111. The van der Waals surface area contributed by atoms with E-state index in [2.05, 4.69) is 19.9 Å². The second-order valence-electron chi connectivity index (χ2n) is 5.61. The van der Waals surface area contributed by atoms with E-state index >= 15 is 0 Å². The number of rotatable bonds is 4. The van der Waals surface area contributed by atoms with Crippen molar-refractivity contribution in [1.29, 1.82) is 0 Å². The number of imidazole rings is 1. The van der Waals surface area contributed by atoms with Gasteiger partial charge in [-0.2, -0.15) is 0 Å². The second kappa shape index (κ2) is 6.40. The standard InChI is InChI=1S/C18H14FN5O2/c1-26-18-12(6-4-8-20-18)15-22-16-14(17(25)23-15)24(10-21-16)9-11-5-2-3-7-13(11)19/h2-8,10H,9H2,1H3,(H,22,23,25). The van der Waals surface area contributed by atoms with E-state index in [0.29, 0.717) is 22.8 Å². The third-order valence-electron chi connectivity index (χ3n) is 4.00. The maximum absolute atomic E-state index is 13.9. The first kappa shape index (κ1) is 15.9. The number of H-pyrrole nitrogens is 1. The molecule has 0 saturated carbocycles. The van der Waals surface area contributed by atoms with Crippen molar-refractivity contribution in [3.8, 4) is 17.3 Å². The van der Waals surface area contributed by atoms with Crippen molar-refractivity contribution in [2.24, 2.45) is 0 Å². The van der Waals surface area contributed by atoms with Crippen LogP contribution in [0.15, 0.2) is 53.7 Å². The van der Waals surface area contributed by atoms with Crippen LogP contribution in [-0.4, -0.2) is 31.6 Å². The van der Waals surface area contributed by atoms with Gasteiger partial charge in [-0.05, 0) is 18.2 Å². The van der Waals surface area contributed by atoms with Gasteiger partial charge in [-0.25, -0.2) is 19.3 Å². The molecule has 3 heterocycles. The number of methoxy groups -OCH3 is 1. The van der Waals surface area contributed by atoms with Crippen LogP contribution in [-0.2, 0) is 6.54 Å². The average molecular weight is 351 g/mol. The van der Waals surface area contributed by atoms with E-state index in [-0.39, 0.29) is 29.1 Å². The smallest absolute Gasteiger partial charge is 0.277 e. The van der Waals surface area contributed by atoms with Crippen molar-refractivity contribution in [2.45, 2.75) is 6.54 Å². The monoisotopic (exact) mass is 351 g/mol. The highest BCUT2D eigenvalue weighted by atomic mass is 19.1. The molecule has 0 aliphatic rings. The fourth-order valence-electron chi connectivity index (χ4n) is 2.78. The summed E-state index contributed by atoms with van der Waals surface area (Å²) in [6, 6.07) is 9.87. The molecule has 4 rings (SSSR count). The highest BCUT2D eigenvalue weighted by molar-refractivity contribution is 5.73. The maximum Gasteiger partial charge on any atom is 0.277 e. The summed E-state index contributed by atoms with van der Waals surface area (Å²) in [6.45, 7) is 0.184. The van der Waals surface area contributed by atoms with Crippen LogP contribution in [0.2, 0.25) is 0 Å². The zero-order valence-electron chi connectivity index (χ0n) is 13.8. The van der Waals surface area contributed by atoms with E-state index in [1.54, 1.807) is 41.1 Å². The Kier molecular flexibility index (Phi) is 3.92. The minimum absolute atomic E-state index is 0.184. The number of halogens is 1. The van der Waals surface area contributed by atoms with Crippen molar-refractivity contribution < 1.29 is 9.13 Å². The summed E-state index contributed by atoms with van der Waals surface area (Å²) in [5.41, 5.74) is 1.19. The number of nitrogens with zero attached hydrogens (tertiary/aromatic N) is 4. The molecule has 8 heteroatoms. The first-order valence-electron chi connectivity index (χ1n) is 7.85. The highest BCUT2D eigenvalue weighted by Gasteiger charge is 2.15. The molecule has 0 spiro atoms. The Bertz CT molecular complexity index is 1150. The molecule has 0 atom stereocenters. The molecule has 7 nitrogen and oxygen atoms in total. The quantitative estimate of drug-likeness (QED) is 0.610. The van der Waals surface area contributed by atoms with Gasteiger partial charge in [-0.15, -0.1) is 0 Å². The minimum Gasteiger partial charge on any atom is -0.480 e. The Balaban J connectivity index is 1.81. The first-order chi connectivity index (χ1) is 12.7. The van der Waals surface area contributed by atoms with Gasteiger partial charge in [0.1, 0.15) is 11.6 Å². The van der Waals surface area contributed by atoms with Gasteiger partial charge < -0.3 is 14.3 Å². The molecular weight excluding hydrogens is 337 g/mol. The number of hydrogen-bond donors (Lipinski definition) is 1. The number of nitrogens with one attached hydrogen (secondary N) is 1. The zero-order valence-corrected chi connectivity index (χ0v) is 13.8. The summed E-state index contributed by atoms with van der Waals surface area (Å²) in [5, 5.41) is 0. The molecule has 0 fully saturated rings. The number of hydrogen-bond acceptors (Lipinski definition) is 5. The van der Waals surface area contributed by atoms with E-state index in [4.69, 9.17) is 4.74 Å². The molecule has 1 aromatic carbocycles. The van der Waals surface area contributed by atoms with Crippen LogP contribution >= 0.6 is 0 Å². The molecule has 1 N–H and O–H groups in total. The van der Waals surface area contributed by atoms with Gasteiger partial charge in [0.15, 0.2) is 11.2 Å². The fourth-order valence-corrected chi connectivity index (χ4v) is 2.78. The number of fused-ring (bicyclic) bond motifs is 1. The topological polar surface area (TPSA) is 85.7 Å². The number of benzene rings is 1. The third-order valence-corrected chi connectivity index (χ3v) is 4.00. The lowest BCUT2D eigenvalue weighted by atomic mass is 10.2. The Morgan fingerprint density at radius 2 is 2.04 bits per heavy atom. The van der Waals surface area contributed by atoms with E-state index in [0.717, 1.165) is 0 Å². The van der Waals surface area contributed by atoms with Gasteiger partial charge in [0.25, 0.3) is 5.56 Å². The summed E-state index contributed by atoms with van der Waals surface area (Å²) in [4.78, 5) is 28.0. The van der Waals surface area contributed by atoms with Gasteiger partial charge in [-0.1, -0.05) is 18.2 Å². The molecule has 130 valence electrons. The Labute approximate surface area is 147 Å². The molecule has 0 saturated heterocycles. The minimum atomic E-state index is -0.371. The van der Waals surface area contributed by atoms with E-state index in [9.17, 15) is 9.18 Å². The van der Waals surface area contributed by atoms with Crippen molar-refractivity contribution >= 4 is 11.2 Å². The molecule has 0 amide bonds. The van der Waals surface area contributed by atoms with Crippen LogP contribution in [0, 0.1) is 5.82 Å². The predicted molar refractivity (Wildman–Crippen MR) is 93.4 cm³/mol. The molecule has 26 heavy (non-hydrogen) atoms. The Morgan fingerprint density at radius 3 is 2.85 bits per heavy atom. The lowest BCUT2D eigenvalue weighted by molar-refractivity contribution is 0.399. The van der Waals surface area contributed by atoms with Crippen LogP contribution in [0.3, 0.4) is 0 Å². The molecule has 3 aromatic heterocycles. The Hall–Kier alpha value is -3.55. The predicted octanol–water partition coefficient (Wildman–Crippen LogP) is 2.38. The van der Waals surface area contributed by atoms with E-state index in [1.165, 1.54) is 19.5 Å². The number of aromatic nitrogens is 5. The average Bonchev–Trinajstić information content (AvgIpc) is 3.07. The van der Waals surface area contributed by atoms with Crippen molar-refractivity contribution in [3.05, 3.63) is 70.7 Å². The van der Waals surface area contributed by atoms with Crippen molar-refractivity contribution in [1.82, 2.24) is 24.5 Å². The van der Waals surface area contributed by atoms with Crippen molar-refractivity contribution in [3.63, 3.8) is 0 Å². The normalized spacial score (nSPS) is 11.0. The molecule has 0 unspecified atom stereocenters. The molecular formula is C18H14FN5O2. The zero-order chi connectivity index (χ0) is 18.1. The van der Waals surface area contributed by atoms with Gasteiger partial charge >= 0.3 is 0 Å². The van der Waals surface area contributed by atoms with Gasteiger partial charge in [0, 0.05) is 11.8 Å². The van der Waals surface area contributed by atoms with Crippen LogP contribution in [0.1, 0.15) is 5.56 Å². The van der Waals surface area contributed by atoms with Gasteiger partial charge in [-0.3, -0.25) is 4.79 Å². The summed E-state index contributed by atoms with van der Waals surface area (Å²) in [7, 11) is 1.49. The molecule has 0 aliphatic heterocycles. The van der Waals surface area contributed by atoms with E-state index < -0.39 is 0 Å². The number of ether oxygens (including phenoxy) is 1.